The van der Waals surface area contributed by atoms with Crippen LogP contribution in [0.4, 0.5) is 5.82 Å². The molecule has 5 atom stereocenters. The summed E-state index contributed by atoms with van der Waals surface area (Å²) in [6, 6.07) is 0. The van der Waals surface area contributed by atoms with Crippen molar-refractivity contribution in [2.75, 3.05) is 19.5 Å². The molecular weight excluding hydrogens is 357 g/mol. The number of anilines is 1. The van der Waals surface area contributed by atoms with E-state index in [0.29, 0.717) is 12.0 Å². The standard InChI is InChI=1S/C13H20N3O6PS/c1-4-13-6-20-8(9(13)22-23(18,24)19-3)11(21-13)16-5-7(2)10(14)15-12(16)17/h5,8-9,11H,4,6H2,1-3H3,(H,18,24)(H2,14,15,17)/t8?,9?,11-,13-,23?/m1/s1. The van der Waals surface area contributed by atoms with E-state index in [9.17, 15) is 9.69 Å². The number of nitrogen functional groups attached to an aromatic ring is 1. The van der Waals surface area contributed by atoms with Crippen LogP contribution in [0.15, 0.2) is 11.0 Å². The SMILES string of the molecule is CC[C@@]12COC(C1OP(O)(=S)OC)[C@H](n1cc(C)c(N)nc1=O)O2. The maximum atomic E-state index is 12.2. The minimum atomic E-state index is -3.41. The van der Waals surface area contributed by atoms with Crippen molar-refractivity contribution >= 4 is 24.3 Å². The van der Waals surface area contributed by atoms with Crippen LogP contribution in [0, 0.1) is 6.92 Å². The number of hydrogen-bond donors (Lipinski definition) is 2. The fourth-order valence-corrected chi connectivity index (χ4v) is 4.02. The molecule has 0 amide bonds. The van der Waals surface area contributed by atoms with Gasteiger partial charge in [-0.1, -0.05) is 6.92 Å². The molecule has 11 heteroatoms. The molecule has 3 rings (SSSR count). The predicted molar refractivity (Wildman–Crippen MR) is 88.9 cm³/mol. The lowest BCUT2D eigenvalue weighted by atomic mass is 9.96. The maximum absolute atomic E-state index is 12.2. The molecule has 9 nitrogen and oxygen atoms in total. The van der Waals surface area contributed by atoms with E-state index in [4.69, 9.17) is 36.1 Å². The van der Waals surface area contributed by atoms with Crippen molar-refractivity contribution in [3.8, 4) is 0 Å². The average molecular weight is 377 g/mol. The van der Waals surface area contributed by atoms with Crippen molar-refractivity contribution in [1.82, 2.24) is 9.55 Å². The summed E-state index contributed by atoms with van der Waals surface area (Å²) < 4.78 is 23.7. The van der Waals surface area contributed by atoms with E-state index in [1.165, 1.54) is 11.7 Å². The van der Waals surface area contributed by atoms with E-state index in [-0.39, 0.29) is 12.4 Å². The highest BCUT2D eigenvalue weighted by molar-refractivity contribution is 8.07. The molecule has 1 aromatic rings. The molecule has 3 heterocycles. The Labute approximate surface area is 143 Å². The Balaban J connectivity index is 1.98. The lowest BCUT2D eigenvalue weighted by Gasteiger charge is -2.31. The Bertz CT molecular complexity index is 758. The Morgan fingerprint density at radius 1 is 1.67 bits per heavy atom. The summed E-state index contributed by atoms with van der Waals surface area (Å²) >= 11 is 4.95. The summed E-state index contributed by atoms with van der Waals surface area (Å²) in [5.74, 6) is 0.170. The highest BCUT2D eigenvalue weighted by Gasteiger charge is 2.63. The molecular formula is C13H20N3O6PS. The van der Waals surface area contributed by atoms with Crippen LogP contribution in [0.2, 0.25) is 0 Å². The highest BCUT2D eigenvalue weighted by atomic mass is 32.5. The second-order valence-corrected chi connectivity index (χ2v) is 8.78. The fourth-order valence-electron chi connectivity index (χ4n) is 3.05. The quantitative estimate of drug-likeness (QED) is 0.705. The van der Waals surface area contributed by atoms with Gasteiger partial charge in [-0.25, -0.2) is 4.79 Å². The van der Waals surface area contributed by atoms with Crippen molar-refractivity contribution in [1.29, 1.82) is 0 Å². The Kier molecular flexibility index (Phi) is 4.59. The molecule has 2 saturated heterocycles. The third kappa shape index (κ3) is 2.82. The van der Waals surface area contributed by atoms with Crippen LogP contribution in [0.3, 0.4) is 0 Å². The van der Waals surface area contributed by atoms with Gasteiger partial charge in [-0.2, -0.15) is 4.98 Å². The molecule has 0 spiro atoms. The number of nitrogens with two attached hydrogens (primary N) is 1. The van der Waals surface area contributed by atoms with Gasteiger partial charge >= 0.3 is 12.4 Å². The third-order valence-corrected chi connectivity index (χ3v) is 6.16. The summed E-state index contributed by atoms with van der Waals surface area (Å²) in [6.07, 6.45) is 0.130. The van der Waals surface area contributed by atoms with E-state index in [1.807, 2.05) is 6.92 Å². The van der Waals surface area contributed by atoms with Gasteiger partial charge in [0.2, 0.25) is 0 Å². The van der Waals surface area contributed by atoms with E-state index < -0.39 is 36.4 Å². The number of aryl methyl sites for hydroxylation is 1. The zero-order valence-corrected chi connectivity index (χ0v) is 15.3. The van der Waals surface area contributed by atoms with Crippen molar-refractivity contribution < 1.29 is 23.4 Å². The normalized spacial score (nSPS) is 34.4. The lowest BCUT2D eigenvalue weighted by Crippen LogP contribution is -2.41. The topological polar surface area (TPSA) is 118 Å². The van der Waals surface area contributed by atoms with Gasteiger partial charge in [-0.15, -0.1) is 0 Å². The van der Waals surface area contributed by atoms with Crippen molar-refractivity contribution in [3.05, 3.63) is 22.2 Å². The van der Waals surface area contributed by atoms with Crippen LogP contribution in [0.1, 0.15) is 25.1 Å². The number of aromatic nitrogens is 2. The average Bonchev–Trinajstić information content (AvgIpc) is 3.03. The third-order valence-electron chi connectivity index (χ3n) is 4.50. The zero-order valence-electron chi connectivity index (χ0n) is 13.5. The van der Waals surface area contributed by atoms with Crippen molar-refractivity contribution in [2.45, 2.75) is 44.3 Å². The van der Waals surface area contributed by atoms with Gasteiger partial charge in [0.1, 0.15) is 23.6 Å². The number of nitrogens with zero attached hydrogens (tertiary/aromatic N) is 2. The van der Waals surface area contributed by atoms with Crippen LogP contribution in [-0.4, -0.2) is 46.0 Å². The van der Waals surface area contributed by atoms with E-state index >= 15 is 0 Å². The van der Waals surface area contributed by atoms with Crippen molar-refractivity contribution in [3.63, 3.8) is 0 Å². The highest BCUT2D eigenvalue weighted by Crippen LogP contribution is 2.55. The van der Waals surface area contributed by atoms with Crippen LogP contribution in [0.5, 0.6) is 0 Å². The van der Waals surface area contributed by atoms with Crippen LogP contribution in [0.25, 0.3) is 0 Å². The van der Waals surface area contributed by atoms with Gasteiger partial charge < -0.3 is 24.6 Å². The van der Waals surface area contributed by atoms with E-state index in [2.05, 4.69) is 4.98 Å². The first kappa shape index (κ1) is 17.9. The predicted octanol–water partition coefficient (Wildman–Crippen LogP) is 0.459. The molecule has 2 fully saturated rings. The second kappa shape index (κ2) is 6.14. The van der Waals surface area contributed by atoms with E-state index in [1.54, 1.807) is 13.1 Å². The summed E-state index contributed by atoms with van der Waals surface area (Å²) in [5, 5.41) is 0. The first-order valence-electron chi connectivity index (χ1n) is 7.44. The fraction of sp³-hybridized carbons (Fsp3) is 0.692. The summed E-state index contributed by atoms with van der Waals surface area (Å²) in [7, 11) is 1.28. The molecule has 2 aliphatic rings. The summed E-state index contributed by atoms with van der Waals surface area (Å²) in [6.45, 7) is 0.527. The van der Waals surface area contributed by atoms with Gasteiger partial charge in [-0.3, -0.25) is 9.09 Å². The first-order valence-corrected chi connectivity index (χ1v) is 10.0. The minimum Gasteiger partial charge on any atom is -0.383 e. The smallest absolute Gasteiger partial charge is 0.351 e. The number of ether oxygens (including phenoxy) is 2. The molecule has 0 aromatic carbocycles. The molecule has 3 unspecified atom stereocenters. The Morgan fingerprint density at radius 2 is 2.38 bits per heavy atom. The maximum Gasteiger partial charge on any atom is 0.351 e. The van der Waals surface area contributed by atoms with Crippen LogP contribution < -0.4 is 11.4 Å². The minimum absolute atomic E-state index is 0.170. The molecule has 24 heavy (non-hydrogen) atoms. The van der Waals surface area contributed by atoms with Crippen LogP contribution in [-0.2, 0) is 30.3 Å². The Morgan fingerprint density at radius 3 is 3.00 bits per heavy atom. The number of rotatable bonds is 5. The van der Waals surface area contributed by atoms with Gasteiger partial charge in [0.05, 0.1) is 6.61 Å². The first-order chi connectivity index (χ1) is 11.2. The molecule has 0 aliphatic carbocycles. The van der Waals surface area contributed by atoms with Gasteiger partial charge in [-0.05, 0) is 25.2 Å². The lowest BCUT2D eigenvalue weighted by molar-refractivity contribution is -0.175. The second-order valence-electron chi connectivity index (χ2n) is 5.88. The Hall–Kier alpha value is -0.870. The zero-order chi connectivity index (χ0) is 17.7. The van der Waals surface area contributed by atoms with E-state index in [0.717, 1.165) is 0 Å². The largest absolute Gasteiger partial charge is 0.383 e. The monoisotopic (exact) mass is 377 g/mol. The van der Waals surface area contributed by atoms with Gasteiger partial charge in [0.25, 0.3) is 0 Å². The number of hydrogen-bond acceptors (Lipinski definition) is 8. The summed E-state index contributed by atoms with van der Waals surface area (Å²) in [4.78, 5) is 26.0. The van der Waals surface area contributed by atoms with Crippen molar-refractivity contribution in [2.24, 2.45) is 0 Å². The summed E-state index contributed by atoms with van der Waals surface area (Å²) in [5.41, 5.74) is 4.96. The molecule has 2 aliphatic heterocycles. The molecule has 0 saturated carbocycles. The van der Waals surface area contributed by atoms with Crippen LogP contribution >= 0.6 is 6.72 Å². The molecule has 3 N–H and O–H groups in total. The molecule has 134 valence electrons. The van der Waals surface area contributed by atoms with Gasteiger partial charge in [0, 0.05) is 18.9 Å². The molecule has 1 aromatic heterocycles. The molecule has 0 radical (unpaired) electrons. The number of fused-ring (bicyclic) bond motifs is 2. The molecule has 2 bridgehead atoms. The van der Waals surface area contributed by atoms with Gasteiger partial charge in [0.15, 0.2) is 6.23 Å².